The van der Waals surface area contributed by atoms with E-state index in [-0.39, 0.29) is 12.5 Å². The van der Waals surface area contributed by atoms with E-state index in [4.69, 9.17) is 14.3 Å². The number of carbonyl (C=O) groups is 1. The number of hydrogen-bond acceptors (Lipinski definition) is 5. The molecule has 0 unspecified atom stereocenters. The molecule has 0 radical (unpaired) electrons. The molecule has 0 N–H and O–H groups in total. The zero-order valence-electron chi connectivity index (χ0n) is 17.1. The molecule has 0 aliphatic rings. The van der Waals surface area contributed by atoms with Gasteiger partial charge in [0.2, 0.25) is 0 Å². The van der Waals surface area contributed by atoms with Crippen LogP contribution in [0, 0.1) is 0 Å². The van der Waals surface area contributed by atoms with Gasteiger partial charge in [-0.1, -0.05) is 48.1 Å². The van der Waals surface area contributed by atoms with Crippen LogP contribution in [-0.2, 0) is 25.7 Å². The predicted octanol–water partition coefficient (Wildman–Crippen LogP) is 4.30. The van der Waals surface area contributed by atoms with Crippen molar-refractivity contribution in [2.24, 2.45) is 0 Å². The molecule has 0 fully saturated rings. The molecular weight excluding hydrogens is 342 g/mol. The van der Waals surface area contributed by atoms with E-state index in [1.165, 1.54) is 16.2 Å². The van der Waals surface area contributed by atoms with Gasteiger partial charge in [0, 0.05) is 7.05 Å². The number of ether oxygens (including phenoxy) is 2. The largest absolute Gasteiger partial charge is 0.465 e. The second kappa shape index (κ2) is 14.2. The first-order valence-corrected chi connectivity index (χ1v) is 9.43. The molecule has 150 valence electrons. The highest BCUT2D eigenvalue weighted by Gasteiger charge is 2.07. The average molecular weight is 376 g/mol. The minimum atomic E-state index is -0.281. The monoisotopic (exact) mass is 375 g/mol. The van der Waals surface area contributed by atoms with Crippen LogP contribution in [0.3, 0.4) is 0 Å². The lowest BCUT2D eigenvalue weighted by Crippen LogP contribution is -2.28. The van der Waals surface area contributed by atoms with Gasteiger partial charge in [-0.2, -0.15) is 5.06 Å². The quantitative estimate of drug-likeness (QED) is 0.223. The van der Waals surface area contributed by atoms with Crippen LogP contribution in [0.15, 0.2) is 53.6 Å². The number of esters is 1. The minimum Gasteiger partial charge on any atom is -0.465 e. The fourth-order valence-corrected chi connectivity index (χ4v) is 2.31. The third kappa shape index (κ3) is 12.1. The van der Waals surface area contributed by atoms with E-state index in [0.29, 0.717) is 26.4 Å². The normalized spacial score (nSPS) is 12.5. The smallest absolute Gasteiger partial charge is 0.322 e. The maximum absolute atomic E-state index is 11.4. The lowest BCUT2D eigenvalue weighted by atomic mass is 10.1. The highest BCUT2D eigenvalue weighted by Crippen LogP contribution is 2.08. The van der Waals surface area contributed by atoms with Gasteiger partial charge in [0.25, 0.3) is 0 Å². The van der Waals surface area contributed by atoms with Crippen LogP contribution >= 0.6 is 0 Å². The zero-order valence-corrected chi connectivity index (χ0v) is 17.1. The lowest BCUT2D eigenvalue weighted by Gasteiger charge is -2.15. The average Bonchev–Trinajstić information content (AvgIpc) is 2.64. The molecule has 0 aromatic heterocycles. The van der Waals surface area contributed by atoms with Crippen molar-refractivity contribution in [2.75, 3.05) is 33.4 Å². The van der Waals surface area contributed by atoms with Crippen molar-refractivity contribution < 1.29 is 19.1 Å². The van der Waals surface area contributed by atoms with E-state index in [9.17, 15) is 4.79 Å². The number of allylic oxidation sites excluding steroid dienone is 2. The summed E-state index contributed by atoms with van der Waals surface area (Å²) in [6.07, 6.45) is 6.25. The highest BCUT2D eigenvalue weighted by molar-refractivity contribution is 5.71. The lowest BCUT2D eigenvalue weighted by molar-refractivity contribution is -0.167. The molecular formula is C22H33NO4. The first-order valence-electron chi connectivity index (χ1n) is 9.43. The fourth-order valence-electron chi connectivity index (χ4n) is 2.31. The molecule has 5 nitrogen and oxygen atoms in total. The number of hydroxylamine groups is 2. The second-order valence-electron chi connectivity index (χ2n) is 6.50. The molecule has 0 heterocycles. The van der Waals surface area contributed by atoms with E-state index in [1.807, 2.05) is 25.1 Å². The van der Waals surface area contributed by atoms with Crippen LogP contribution in [0.1, 0.15) is 39.2 Å². The van der Waals surface area contributed by atoms with Crippen molar-refractivity contribution in [1.82, 2.24) is 5.06 Å². The van der Waals surface area contributed by atoms with Crippen molar-refractivity contribution in [3.63, 3.8) is 0 Å². The predicted molar refractivity (Wildman–Crippen MR) is 108 cm³/mol. The summed E-state index contributed by atoms with van der Waals surface area (Å²) in [7, 11) is 1.73. The fraction of sp³-hybridized carbons (Fsp3) is 0.500. The molecule has 1 aromatic rings. The minimum absolute atomic E-state index is 0.131. The zero-order chi connectivity index (χ0) is 19.9. The van der Waals surface area contributed by atoms with Gasteiger partial charge in [-0.25, -0.2) is 0 Å². The maximum atomic E-state index is 11.4. The van der Waals surface area contributed by atoms with Crippen molar-refractivity contribution in [2.45, 2.75) is 40.2 Å². The number of carbonyl (C=O) groups excluding carboxylic acids is 1. The van der Waals surface area contributed by atoms with E-state index in [0.717, 1.165) is 18.4 Å². The van der Waals surface area contributed by atoms with E-state index >= 15 is 0 Å². The molecule has 0 amide bonds. The Balaban J connectivity index is 2.16. The SMILES string of the molecule is CCOC(=O)CN(C)OC/C(C)=C/CC/C(C)=C/COCc1ccccc1. The topological polar surface area (TPSA) is 48.0 Å². The van der Waals surface area contributed by atoms with Crippen molar-refractivity contribution in [1.29, 1.82) is 0 Å². The summed E-state index contributed by atoms with van der Waals surface area (Å²) in [4.78, 5) is 16.9. The summed E-state index contributed by atoms with van der Waals surface area (Å²) < 4.78 is 10.6. The molecule has 0 saturated heterocycles. The van der Waals surface area contributed by atoms with Gasteiger partial charge in [-0.15, -0.1) is 0 Å². The molecule has 0 spiro atoms. The Morgan fingerprint density at radius 2 is 1.85 bits per heavy atom. The van der Waals surface area contributed by atoms with Gasteiger partial charge in [0.05, 0.1) is 26.4 Å². The Hall–Kier alpha value is -1.95. The maximum Gasteiger partial charge on any atom is 0.322 e. The Bertz CT molecular complexity index is 596. The van der Waals surface area contributed by atoms with Gasteiger partial charge in [0.15, 0.2) is 0 Å². The van der Waals surface area contributed by atoms with Crippen LogP contribution in [0.5, 0.6) is 0 Å². The third-order valence-electron chi connectivity index (χ3n) is 3.86. The molecule has 5 heteroatoms. The number of hydrogen-bond donors (Lipinski definition) is 0. The van der Waals surface area contributed by atoms with Gasteiger partial charge >= 0.3 is 5.97 Å². The van der Waals surface area contributed by atoms with Crippen molar-refractivity contribution >= 4 is 5.97 Å². The number of rotatable bonds is 13. The van der Waals surface area contributed by atoms with Crippen LogP contribution < -0.4 is 0 Å². The molecule has 1 aromatic carbocycles. The Labute approximate surface area is 163 Å². The van der Waals surface area contributed by atoms with Crippen LogP contribution in [-0.4, -0.2) is 44.4 Å². The van der Waals surface area contributed by atoms with Crippen LogP contribution in [0.25, 0.3) is 0 Å². The standard InChI is InChI=1S/C22H33NO4/c1-5-26-22(24)16-23(4)27-17-20(3)11-9-10-19(2)14-15-25-18-21-12-7-6-8-13-21/h6-8,11-14H,5,9-10,15-18H2,1-4H3/b19-14+,20-11+. The van der Waals surface area contributed by atoms with Gasteiger partial charge in [-0.3, -0.25) is 9.63 Å². The van der Waals surface area contributed by atoms with Crippen molar-refractivity contribution in [3.8, 4) is 0 Å². The molecule has 27 heavy (non-hydrogen) atoms. The molecule has 0 saturated carbocycles. The Morgan fingerprint density at radius 1 is 1.11 bits per heavy atom. The Morgan fingerprint density at radius 3 is 2.56 bits per heavy atom. The first kappa shape index (κ1) is 23.1. The number of benzene rings is 1. The summed E-state index contributed by atoms with van der Waals surface area (Å²) in [5, 5.41) is 1.50. The second-order valence-corrected chi connectivity index (χ2v) is 6.50. The summed E-state index contributed by atoms with van der Waals surface area (Å²) in [5.74, 6) is -0.281. The van der Waals surface area contributed by atoms with Crippen LogP contribution in [0.2, 0.25) is 0 Å². The molecule has 1 rings (SSSR count). The van der Waals surface area contributed by atoms with Gasteiger partial charge < -0.3 is 9.47 Å². The van der Waals surface area contributed by atoms with Gasteiger partial charge in [-0.05, 0) is 44.7 Å². The van der Waals surface area contributed by atoms with Gasteiger partial charge in [0.1, 0.15) is 6.54 Å². The molecule has 0 bridgehead atoms. The van der Waals surface area contributed by atoms with E-state index in [2.05, 4.69) is 31.2 Å². The molecule has 0 aliphatic heterocycles. The van der Waals surface area contributed by atoms with E-state index < -0.39 is 0 Å². The summed E-state index contributed by atoms with van der Waals surface area (Å²) in [6.45, 7) is 8.20. The van der Waals surface area contributed by atoms with E-state index in [1.54, 1.807) is 14.0 Å². The molecule has 0 atom stereocenters. The van der Waals surface area contributed by atoms with Crippen molar-refractivity contribution in [3.05, 3.63) is 59.2 Å². The number of likely N-dealkylation sites (N-methyl/N-ethyl adjacent to an activating group) is 1. The molecule has 0 aliphatic carbocycles. The third-order valence-corrected chi connectivity index (χ3v) is 3.86. The summed E-state index contributed by atoms with van der Waals surface area (Å²) in [5.41, 5.74) is 3.64. The van der Waals surface area contributed by atoms with Crippen LogP contribution in [0.4, 0.5) is 0 Å². The Kier molecular flexibility index (Phi) is 12.1. The highest BCUT2D eigenvalue weighted by atomic mass is 16.7. The number of nitrogens with zero attached hydrogens (tertiary/aromatic N) is 1. The summed E-state index contributed by atoms with van der Waals surface area (Å²) >= 11 is 0. The first-order chi connectivity index (χ1) is 13.0. The summed E-state index contributed by atoms with van der Waals surface area (Å²) in [6, 6.07) is 10.2.